The van der Waals surface area contributed by atoms with Crippen LogP contribution in [0.3, 0.4) is 0 Å². The van der Waals surface area contributed by atoms with E-state index in [1.54, 1.807) is 0 Å². The van der Waals surface area contributed by atoms with Gasteiger partial charge in [-0.15, -0.1) is 0 Å². The van der Waals surface area contributed by atoms with Crippen molar-refractivity contribution in [3.05, 3.63) is 17.3 Å². The Morgan fingerprint density at radius 2 is 2.33 bits per heavy atom. The number of hydrogen-bond donors (Lipinski definition) is 1. The molecule has 2 N–H and O–H groups in total. The number of rotatable bonds is 3. The molecule has 4 nitrogen and oxygen atoms in total. The molecular formula is C9H9F2N3O. The van der Waals surface area contributed by atoms with E-state index < -0.39 is 6.43 Å². The molecule has 0 bridgehead atoms. The molecule has 1 aromatic rings. The van der Waals surface area contributed by atoms with Crippen LogP contribution >= 0.6 is 0 Å². The van der Waals surface area contributed by atoms with Crippen LogP contribution in [0.25, 0.3) is 0 Å². The zero-order chi connectivity index (χ0) is 11.4. The monoisotopic (exact) mass is 213 g/mol. The summed E-state index contributed by atoms with van der Waals surface area (Å²) in [5.74, 6) is -0.257. The van der Waals surface area contributed by atoms with Crippen LogP contribution in [0.5, 0.6) is 5.75 Å². The average molecular weight is 213 g/mol. The lowest BCUT2D eigenvalue weighted by Gasteiger charge is -2.10. The van der Waals surface area contributed by atoms with Crippen molar-refractivity contribution >= 4 is 5.82 Å². The molecule has 0 saturated carbocycles. The fourth-order valence-corrected chi connectivity index (χ4v) is 1.19. The average Bonchev–Trinajstić information content (AvgIpc) is 2.17. The zero-order valence-corrected chi connectivity index (χ0v) is 8.00. The van der Waals surface area contributed by atoms with E-state index in [0.29, 0.717) is 0 Å². The summed E-state index contributed by atoms with van der Waals surface area (Å²) < 4.78 is 29.9. The standard InChI is InChI=1S/C9H9F2N3O/c1-15-7-6(8(10)11)4-5(2-3-12)14-9(7)13/h4,8H,2H2,1H3,(H2,13,14). The first-order chi connectivity index (χ1) is 7.10. The lowest BCUT2D eigenvalue weighted by Crippen LogP contribution is -2.03. The molecule has 0 radical (unpaired) electrons. The Labute approximate surface area is 85.3 Å². The number of nitrogens with two attached hydrogens (primary N) is 1. The van der Waals surface area contributed by atoms with E-state index in [1.165, 1.54) is 7.11 Å². The number of nitriles is 1. The van der Waals surface area contributed by atoms with Crippen molar-refractivity contribution in [1.82, 2.24) is 4.98 Å². The molecule has 1 aromatic heterocycles. The highest BCUT2D eigenvalue weighted by Crippen LogP contribution is 2.33. The second-order valence-corrected chi connectivity index (χ2v) is 2.76. The van der Waals surface area contributed by atoms with E-state index in [1.807, 2.05) is 6.07 Å². The molecule has 1 rings (SSSR count). The van der Waals surface area contributed by atoms with Crippen molar-refractivity contribution in [2.24, 2.45) is 0 Å². The minimum atomic E-state index is -2.71. The predicted molar refractivity (Wildman–Crippen MR) is 49.5 cm³/mol. The highest BCUT2D eigenvalue weighted by atomic mass is 19.3. The molecule has 6 heteroatoms. The van der Waals surface area contributed by atoms with Gasteiger partial charge in [0.15, 0.2) is 11.6 Å². The Bertz CT molecular complexity index is 401. The van der Waals surface area contributed by atoms with Crippen LogP contribution in [0.15, 0.2) is 6.07 Å². The molecule has 0 unspecified atom stereocenters. The molecule has 15 heavy (non-hydrogen) atoms. The van der Waals surface area contributed by atoms with Crippen LogP contribution < -0.4 is 10.5 Å². The first-order valence-corrected chi connectivity index (χ1v) is 4.08. The Hall–Kier alpha value is -1.90. The zero-order valence-electron chi connectivity index (χ0n) is 8.00. The third-order valence-electron chi connectivity index (χ3n) is 1.78. The van der Waals surface area contributed by atoms with Gasteiger partial charge in [0.2, 0.25) is 0 Å². The van der Waals surface area contributed by atoms with Crippen LogP contribution in [0.2, 0.25) is 0 Å². The molecule has 0 spiro atoms. The van der Waals surface area contributed by atoms with Gasteiger partial charge >= 0.3 is 0 Å². The molecule has 80 valence electrons. The van der Waals surface area contributed by atoms with Crippen LogP contribution in [-0.4, -0.2) is 12.1 Å². The van der Waals surface area contributed by atoms with Crippen LogP contribution in [0.1, 0.15) is 17.7 Å². The Morgan fingerprint density at radius 3 is 2.80 bits per heavy atom. The number of hydrogen-bond acceptors (Lipinski definition) is 4. The lowest BCUT2D eigenvalue weighted by molar-refractivity contribution is 0.147. The number of ether oxygens (including phenoxy) is 1. The van der Waals surface area contributed by atoms with E-state index in [9.17, 15) is 8.78 Å². The SMILES string of the molecule is COc1c(C(F)F)cc(CC#N)nc1N. The number of aromatic nitrogens is 1. The lowest BCUT2D eigenvalue weighted by atomic mass is 10.2. The van der Waals surface area contributed by atoms with E-state index in [4.69, 9.17) is 15.7 Å². The van der Waals surface area contributed by atoms with Gasteiger partial charge in [-0.05, 0) is 6.07 Å². The largest absolute Gasteiger partial charge is 0.492 e. The first-order valence-electron chi connectivity index (χ1n) is 4.08. The number of alkyl halides is 2. The Morgan fingerprint density at radius 1 is 1.67 bits per heavy atom. The van der Waals surface area contributed by atoms with Crippen molar-refractivity contribution in [3.63, 3.8) is 0 Å². The molecule has 0 amide bonds. The van der Waals surface area contributed by atoms with Crippen molar-refractivity contribution in [2.75, 3.05) is 12.8 Å². The summed E-state index contributed by atoms with van der Waals surface area (Å²) >= 11 is 0. The molecule has 0 aromatic carbocycles. The van der Waals surface area contributed by atoms with Gasteiger partial charge < -0.3 is 10.5 Å². The third-order valence-corrected chi connectivity index (χ3v) is 1.78. The van der Waals surface area contributed by atoms with Crippen LogP contribution in [0.4, 0.5) is 14.6 Å². The van der Waals surface area contributed by atoms with Gasteiger partial charge in [-0.1, -0.05) is 0 Å². The van der Waals surface area contributed by atoms with Crippen molar-refractivity contribution in [3.8, 4) is 11.8 Å². The van der Waals surface area contributed by atoms with Crippen LogP contribution in [0, 0.1) is 11.3 Å². The van der Waals surface area contributed by atoms with E-state index in [0.717, 1.165) is 6.07 Å². The normalized spacial score (nSPS) is 10.1. The molecule has 0 aliphatic carbocycles. The highest BCUT2D eigenvalue weighted by Gasteiger charge is 2.18. The van der Waals surface area contributed by atoms with Gasteiger partial charge in [-0.2, -0.15) is 5.26 Å². The second kappa shape index (κ2) is 4.55. The van der Waals surface area contributed by atoms with Crippen LogP contribution in [-0.2, 0) is 6.42 Å². The van der Waals surface area contributed by atoms with Gasteiger partial charge in [-0.25, -0.2) is 13.8 Å². The molecule has 0 saturated heterocycles. The summed E-state index contributed by atoms with van der Waals surface area (Å²) in [4.78, 5) is 3.77. The minimum Gasteiger partial charge on any atom is -0.492 e. The molecule has 0 atom stereocenters. The Balaban J connectivity index is 3.27. The molecule has 0 fully saturated rings. The van der Waals surface area contributed by atoms with E-state index >= 15 is 0 Å². The van der Waals surface area contributed by atoms with Gasteiger partial charge in [0, 0.05) is 0 Å². The number of anilines is 1. The summed E-state index contributed by atoms with van der Waals surface area (Å²) in [7, 11) is 1.24. The number of halogens is 2. The number of nitrogens with zero attached hydrogens (tertiary/aromatic N) is 2. The summed E-state index contributed by atoms with van der Waals surface area (Å²) in [5, 5.41) is 8.42. The second-order valence-electron chi connectivity index (χ2n) is 2.76. The summed E-state index contributed by atoms with van der Waals surface area (Å²) in [5.41, 5.74) is 5.30. The van der Waals surface area contributed by atoms with E-state index in [-0.39, 0.29) is 29.2 Å². The maximum absolute atomic E-state index is 12.6. The highest BCUT2D eigenvalue weighted by molar-refractivity contribution is 5.53. The summed E-state index contributed by atoms with van der Waals surface area (Å²) in [6.07, 6.45) is -2.77. The van der Waals surface area contributed by atoms with Gasteiger partial charge in [-0.3, -0.25) is 0 Å². The van der Waals surface area contributed by atoms with Crippen molar-refractivity contribution in [1.29, 1.82) is 5.26 Å². The maximum Gasteiger partial charge on any atom is 0.267 e. The van der Waals surface area contributed by atoms with Crippen molar-refractivity contribution < 1.29 is 13.5 Å². The van der Waals surface area contributed by atoms with Gasteiger partial charge in [0.05, 0.1) is 30.9 Å². The maximum atomic E-state index is 12.6. The number of methoxy groups -OCH3 is 1. The topological polar surface area (TPSA) is 71.9 Å². The van der Waals surface area contributed by atoms with Gasteiger partial charge in [0.25, 0.3) is 6.43 Å². The van der Waals surface area contributed by atoms with E-state index in [2.05, 4.69) is 4.98 Å². The van der Waals surface area contributed by atoms with Gasteiger partial charge in [0.1, 0.15) is 0 Å². The smallest absolute Gasteiger partial charge is 0.267 e. The fraction of sp³-hybridized carbons (Fsp3) is 0.333. The molecule has 0 aliphatic rings. The summed E-state index contributed by atoms with van der Waals surface area (Å²) in [6, 6.07) is 2.94. The molecule has 0 aliphatic heterocycles. The quantitative estimate of drug-likeness (QED) is 0.828. The Kier molecular flexibility index (Phi) is 3.39. The number of nitrogen functional groups attached to an aromatic ring is 1. The fourth-order valence-electron chi connectivity index (χ4n) is 1.19. The summed E-state index contributed by atoms with van der Waals surface area (Å²) in [6.45, 7) is 0. The molecular weight excluding hydrogens is 204 g/mol. The first kappa shape index (κ1) is 11.2. The minimum absolute atomic E-state index is 0.0616. The third kappa shape index (κ3) is 2.31. The molecule has 1 heterocycles. The predicted octanol–water partition coefficient (Wildman–Crippen LogP) is 1.68. The number of pyridine rings is 1. The van der Waals surface area contributed by atoms with Crippen molar-refractivity contribution in [2.45, 2.75) is 12.8 Å².